The second-order valence-electron chi connectivity index (χ2n) is 7.19. The molecule has 4 heterocycles. The van der Waals surface area contributed by atoms with Gasteiger partial charge in [-0.3, -0.25) is 4.90 Å². The third-order valence-electron chi connectivity index (χ3n) is 5.16. The Labute approximate surface area is 159 Å². The maximum Gasteiger partial charge on any atom is 0.257 e. The van der Waals surface area contributed by atoms with Gasteiger partial charge in [-0.25, -0.2) is 9.97 Å². The van der Waals surface area contributed by atoms with Crippen LogP contribution in [0, 0.1) is 13.8 Å². The summed E-state index contributed by atoms with van der Waals surface area (Å²) in [4.78, 5) is 15.6. The maximum atomic E-state index is 6.10. The number of aryl methyl sites for hydroxylation is 2. The lowest BCUT2D eigenvalue weighted by molar-refractivity contribution is 0.0762. The zero-order valence-electron chi connectivity index (χ0n) is 16.1. The van der Waals surface area contributed by atoms with Crippen molar-refractivity contribution in [1.82, 2.24) is 19.9 Å². The molecule has 7 nitrogen and oxygen atoms in total. The van der Waals surface area contributed by atoms with Crippen molar-refractivity contribution in [2.24, 2.45) is 0 Å². The van der Waals surface area contributed by atoms with Crippen LogP contribution in [0.5, 0.6) is 17.5 Å². The Bertz CT molecular complexity index is 786. The number of aromatic nitrogens is 3. The molecule has 4 rings (SSSR count). The summed E-state index contributed by atoms with van der Waals surface area (Å²) >= 11 is 0. The van der Waals surface area contributed by atoms with Crippen LogP contribution in [0.15, 0.2) is 18.3 Å². The van der Waals surface area contributed by atoms with Crippen molar-refractivity contribution in [3.8, 4) is 17.5 Å². The highest BCUT2D eigenvalue weighted by Crippen LogP contribution is 2.32. The van der Waals surface area contributed by atoms with Crippen LogP contribution < -0.4 is 14.2 Å². The van der Waals surface area contributed by atoms with E-state index in [2.05, 4.69) is 32.8 Å². The number of hydrogen-bond donors (Lipinski definition) is 0. The summed E-state index contributed by atoms with van der Waals surface area (Å²) in [5.74, 6) is 2.78. The molecule has 0 aliphatic carbocycles. The van der Waals surface area contributed by atoms with Gasteiger partial charge in [-0.2, -0.15) is 4.98 Å². The highest BCUT2D eigenvalue weighted by molar-refractivity contribution is 5.38. The predicted octanol–water partition coefficient (Wildman–Crippen LogP) is 2.86. The van der Waals surface area contributed by atoms with Gasteiger partial charge in [0.25, 0.3) is 5.88 Å². The van der Waals surface area contributed by atoms with E-state index in [1.54, 1.807) is 0 Å². The quantitative estimate of drug-likeness (QED) is 0.819. The second kappa shape index (κ2) is 7.68. The van der Waals surface area contributed by atoms with Crippen LogP contribution in [-0.2, 0) is 0 Å². The lowest BCUT2D eigenvalue weighted by atomic mass is 10.0. The Hall–Kier alpha value is -2.41. The Morgan fingerprint density at radius 1 is 1.11 bits per heavy atom. The number of piperidine rings is 1. The van der Waals surface area contributed by atoms with Gasteiger partial charge in [0, 0.05) is 37.1 Å². The summed E-state index contributed by atoms with van der Waals surface area (Å²) < 4.78 is 17.3. The topological polar surface area (TPSA) is 69.6 Å². The number of likely N-dealkylation sites (tertiary alicyclic amines) is 1. The summed E-state index contributed by atoms with van der Waals surface area (Å²) in [5.41, 5.74) is 2.09. The van der Waals surface area contributed by atoms with Crippen molar-refractivity contribution in [1.29, 1.82) is 0 Å². The van der Waals surface area contributed by atoms with E-state index in [-0.39, 0.29) is 12.1 Å². The molecule has 1 saturated heterocycles. The average Bonchev–Trinajstić information content (AvgIpc) is 2.67. The van der Waals surface area contributed by atoms with Crippen molar-refractivity contribution in [2.75, 3.05) is 26.3 Å². The SMILES string of the molecule is Cc1cc(OC2CCN(C(C)c3cnc4c(c3)OCCO4)CC2)nc(C)n1. The monoisotopic (exact) mass is 370 g/mol. The molecule has 0 bridgehead atoms. The number of nitrogens with zero attached hydrogens (tertiary/aromatic N) is 4. The van der Waals surface area contributed by atoms with Gasteiger partial charge in [-0.05, 0) is 45.2 Å². The maximum absolute atomic E-state index is 6.10. The molecule has 2 aromatic rings. The number of rotatable bonds is 4. The first-order valence-corrected chi connectivity index (χ1v) is 9.57. The Morgan fingerprint density at radius 2 is 1.89 bits per heavy atom. The van der Waals surface area contributed by atoms with Crippen LogP contribution in [0.4, 0.5) is 0 Å². The van der Waals surface area contributed by atoms with Crippen molar-refractivity contribution in [3.05, 3.63) is 35.4 Å². The van der Waals surface area contributed by atoms with Crippen LogP contribution in [0.1, 0.15) is 42.9 Å². The zero-order valence-corrected chi connectivity index (χ0v) is 16.1. The summed E-state index contributed by atoms with van der Waals surface area (Å²) in [6, 6.07) is 4.24. The predicted molar refractivity (Wildman–Crippen MR) is 100 cm³/mol. The Balaban J connectivity index is 1.36. The molecule has 0 saturated carbocycles. The molecule has 1 atom stereocenters. The summed E-state index contributed by atoms with van der Waals surface area (Å²) in [5, 5.41) is 0. The van der Waals surface area contributed by atoms with Gasteiger partial charge in [0.1, 0.15) is 25.1 Å². The van der Waals surface area contributed by atoms with Crippen LogP contribution in [0.3, 0.4) is 0 Å². The summed E-state index contributed by atoms with van der Waals surface area (Å²) in [6.45, 7) is 9.17. The highest BCUT2D eigenvalue weighted by atomic mass is 16.6. The zero-order chi connectivity index (χ0) is 18.8. The molecule has 0 N–H and O–H groups in total. The van der Waals surface area contributed by atoms with E-state index in [0.717, 1.165) is 48.8 Å². The minimum absolute atomic E-state index is 0.195. The molecule has 7 heteroatoms. The first kappa shape index (κ1) is 18.0. The van der Waals surface area contributed by atoms with Crippen LogP contribution in [0.2, 0.25) is 0 Å². The Morgan fingerprint density at radius 3 is 2.67 bits per heavy atom. The van der Waals surface area contributed by atoms with E-state index in [9.17, 15) is 0 Å². The number of fused-ring (bicyclic) bond motifs is 1. The van der Waals surface area contributed by atoms with Gasteiger partial charge in [-0.1, -0.05) is 0 Å². The molecule has 0 aromatic carbocycles. The minimum Gasteiger partial charge on any atom is -0.484 e. The van der Waals surface area contributed by atoms with Gasteiger partial charge in [0.15, 0.2) is 5.75 Å². The standard InChI is InChI=1S/C20H26N4O3/c1-13-10-19(23-15(3)22-13)27-17-4-6-24(7-5-17)14(2)16-11-18-20(21-12-16)26-9-8-25-18/h10-12,14,17H,4-9H2,1-3H3. The fraction of sp³-hybridized carbons (Fsp3) is 0.550. The number of ether oxygens (including phenoxy) is 3. The highest BCUT2D eigenvalue weighted by Gasteiger charge is 2.26. The molecule has 2 aromatic heterocycles. The molecule has 0 amide bonds. The molecule has 2 aliphatic rings. The van der Waals surface area contributed by atoms with E-state index in [0.29, 0.717) is 25.0 Å². The number of hydrogen-bond acceptors (Lipinski definition) is 7. The Kier molecular flexibility index (Phi) is 5.11. The van der Waals surface area contributed by atoms with Crippen LogP contribution in [0.25, 0.3) is 0 Å². The van der Waals surface area contributed by atoms with Gasteiger partial charge >= 0.3 is 0 Å². The van der Waals surface area contributed by atoms with Gasteiger partial charge < -0.3 is 14.2 Å². The smallest absolute Gasteiger partial charge is 0.257 e. The third kappa shape index (κ3) is 4.13. The minimum atomic E-state index is 0.195. The first-order chi connectivity index (χ1) is 13.1. The molecule has 0 spiro atoms. The van der Waals surface area contributed by atoms with Crippen molar-refractivity contribution in [3.63, 3.8) is 0 Å². The first-order valence-electron chi connectivity index (χ1n) is 9.57. The van der Waals surface area contributed by atoms with Gasteiger partial charge in [0.05, 0.1) is 0 Å². The normalized spacial score (nSPS) is 18.9. The molecule has 144 valence electrons. The second-order valence-corrected chi connectivity index (χ2v) is 7.19. The fourth-order valence-corrected chi connectivity index (χ4v) is 3.68. The van der Waals surface area contributed by atoms with Crippen molar-refractivity contribution >= 4 is 0 Å². The lowest BCUT2D eigenvalue weighted by Gasteiger charge is -2.36. The van der Waals surface area contributed by atoms with Crippen LogP contribution in [-0.4, -0.2) is 52.3 Å². The van der Waals surface area contributed by atoms with E-state index in [4.69, 9.17) is 14.2 Å². The molecule has 2 aliphatic heterocycles. The summed E-state index contributed by atoms with van der Waals surface area (Å²) in [6.07, 6.45) is 4.04. The lowest BCUT2D eigenvalue weighted by Crippen LogP contribution is -2.39. The average molecular weight is 370 g/mol. The molecular formula is C20H26N4O3. The number of pyridine rings is 1. The van der Waals surface area contributed by atoms with Gasteiger partial charge in [0.2, 0.25) is 5.88 Å². The van der Waals surface area contributed by atoms with E-state index >= 15 is 0 Å². The largest absolute Gasteiger partial charge is 0.484 e. The molecule has 1 unspecified atom stereocenters. The van der Waals surface area contributed by atoms with E-state index in [1.807, 2.05) is 26.1 Å². The van der Waals surface area contributed by atoms with E-state index < -0.39 is 0 Å². The summed E-state index contributed by atoms with van der Waals surface area (Å²) in [7, 11) is 0. The van der Waals surface area contributed by atoms with Crippen molar-refractivity contribution < 1.29 is 14.2 Å². The van der Waals surface area contributed by atoms with Crippen LogP contribution >= 0.6 is 0 Å². The molecule has 0 radical (unpaired) electrons. The fourth-order valence-electron chi connectivity index (χ4n) is 3.68. The van der Waals surface area contributed by atoms with Gasteiger partial charge in [-0.15, -0.1) is 0 Å². The third-order valence-corrected chi connectivity index (χ3v) is 5.16. The molecule has 1 fully saturated rings. The van der Waals surface area contributed by atoms with Crippen molar-refractivity contribution in [2.45, 2.75) is 45.8 Å². The molecule has 27 heavy (non-hydrogen) atoms. The van der Waals surface area contributed by atoms with E-state index in [1.165, 1.54) is 0 Å². The molecular weight excluding hydrogens is 344 g/mol.